The van der Waals surface area contributed by atoms with Crippen molar-refractivity contribution >= 4 is 27.8 Å². The summed E-state index contributed by atoms with van der Waals surface area (Å²) in [4.78, 5) is 2.54. The molecule has 1 nitrogen and oxygen atoms in total. The summed E-state index contributed by atoms with van der Waals surface area (Å²) < 4.78 is 0. The highest BCUT2D eigenvalue weighted by Crippen LogP contribution is 2.55. The van der Waals surface area contributed by atoms with E-state index < -0.39 is 0 Å². The van der Waals surface area contributed by atoms with Gasteiger partial charge in [-0.25, -0.2) is 0 Å². The van der Waals surface area contributed by atoms with Gasteiger partial charge in [-0.1, -0.05) is 233 Å². The van der Waals surface area contributed by atoms with Crippen molar-refractivity contribution in [2.75, 3.05) is 4.90 Å². The third-order valence-corrected chi connectivity index (χ3v) is 15.1. The van der Waals surface area contributed by atoms with Gasteiger partial charge in [0.1, 0.15) is 0 Å². The van der Waals surface area contributed by atoms with Gasteiger partial charge in [0.05, 0.1) is 11.4 Å². The number of nitrogens with zero attached hydrogens (tertiary/aromatic N) is 1. The molecule has 0 heterocycles. The van der Waals surface area contributed by atoms with E-state index in [1.807, 2.05) is 0 Å². The minimum Gasteiger partial charge on any atom is -0.309 e. The highest BCUT2D eigenvalue weighted by Gasteiger charge is 2.37. The molecule has 0 amide bonds. The van der Waals surface area contributed by atoms with E-state index >= 15 is 0 Å². The first-order valence-corrected chi connectivity index (χ1v) is 24.6. The van der Waals surface area contributed by atoms with E-state index in [2.05, 4.69) is 249 Å². The molecule has 328 valence electrons. The summed E-state index contributed by atoms with van der Waals surface area (Å²) in [7, 11) is 0. The molecule has 0 bridgehead atoms. The highest BCUT2D eigenvalue weighted by molar-refractivity contribution is 6.05. The number of fused-ring (bicyclic) bond motifs is 4. The normalized spacial score (nSPS) is 14.1. The van der Waals surface area contributed by atoms with Gasteiger partial charge in [0.25, 0.3) is 0 Å². The lowest BCUT2D eigenvalue weighted by Crippen LogP contribution is -2.15. The summed E-state index contributed by atoms with van der Waals surface area (Å²) >= 11 is 0. The van der Waals surface area contributed by atoms with Crippen molar-refractivity contribution in [3.63, 3.8) is 0 Å². The third kappa shape index (κ3) is 7.26. The Morgan fingerprint density at radius 3 is 1.60 bits per heavy atom. The Hall–Kier alpha value is -7.74. The first kappa shape index (κ1) is 41.7. The minimum atomic E-state index is -0.108. The van der Waals surface area contributed by atoms with Crippen LogP contribution in [0.25, 0.3) is 77.5 Å². The Morgan fingerprint density at radius 2 is 0.897 bits per heavy atom. The Labute approximate surface area is 402 Å². The Balaban J connectivity index is 1.06. The number of benzene rings is 10. The fraction of sp³-hybridized carbons (Fsp3) is 0.134. The third-order valence-electron chi connectivity index (χ3n) is 15.1. The van der Waals surface area contributed by atoms with E-state index in [1.165, 1.54) is 126 Å². The smallest absolute Gasteiger partial charge is 0.0540 e. The van der Waals surface area contributed by atoms with Gasteiger partial charge in [0, 0.05) is 22.2 Å². The number of hydrogen-bond acceptors (Lipinski definition) is 1. The summed E-state index contributed by atoms with van der Waals surface area (Å²) in [5.41, 5.74) is 22.5. The first-order valence-electron chi connectivity index (χ1n) is 24.6. The molecule has 1 saturated carbocycles. The zero-order chi connectivity index (χ0) is 45.6. The standard InChI is InChI=1S/C67H55N/c1-67(2)61-35-15-12-31-59(61)66-58(34-20-36-62(66)67)56-30-14-17-38-64(56)68(63-37-16-13-29-55(63)57-33-19-28-50-27-18-32-54(65(50)57)48-23-8-4-9-24-48)52-42-39-46(40-43-52)51-41-44-53(47-21-6-3-7-22-47)60(45-51)49-25-10-5-11-26-49/h3,5-7,10-22,25-45,48H,4,8-9,23-24H2,1-2H3. The van der Waals surface area contributed by atoms with Crippen LogP contribution in [0.4, 0.5) is 17.1 Å². The molecule has 1 heteroatoms. The molecule has 0 aliphatic heterocycles. The highest BCUT2D eigenvalue weighted by atomic mass is 15.1. The molecule has 0 spiro atoms. The molecule has 1 fully saturated rings. The summed E-state index contributed by atoms with van der Waals surface area (Å²) in [6, 6.07) is 85.9. The monoisotopic (exact) mass is 873 g/mol. The van der Waals surface area contributed by atoms with E-state index in [9.17, 15) is 0 Å². The quantitative estimate of drug-likeness (QED) is 0.140. The van der Waals surface area contributed by atoms with Crippen molar-refractivity contribution < 1.29 is 0 Å². The predicted molar refractivity (Wildman–Crippen MR) is 289 cm³/mol. The molecule has 0 saturated heterocycles. The van der Waals surface area contributed by atoms with Crippen LogP contribution in [0, 0.1) is 0 Å². The molecule has 0 N–H and O–H groups in total. The zero-order valence-electron chi connectivity index (χ0n) is 39.0. The SMILES string of the molecule is CC1(C)c2ccccc2-c2c(-c3ccccc3N(c3ccc(-c4ccc(-c5ccccc5)c(-c5ccccc5)c4)cc3)c3ccccc3-c3cccc4cccc(C5CCCCC5)c34)cccc21. The molecule has 2 aliphatic carbocycles. The van der Waals surface area contributed by atoms with Gasteiger partial charge in [-0.15, -0.1) is 0 Å². The maximum absolute atomic E-state index is 2.54. The zero-order valence-corrected chi connectivity index (χ0v) is 39.0. The van der Waals surface area contributed by atoms with E-state index in [0.717, 1.165) is 17.1 Å². The van der Waals surface area contributed by atoms with E-state index in [1.54, 1.807) is 0 Å². The van der Waals surface area contributed by atoms with Crippen LogP contribution in [0.1, 0.15) is 68.6 Å². The average molecular weight is 874 g/mol. The second kappa shape index (κ2) is 17.5. The number of anilines is 3. The van der Waals surface area contributed by atoms with Crippen molar-refractivity contribution in [1.82, 2.24) is 0 Å². The Morgan fingerprint density at radius 1 is 0.368 bits per heavy atom. The molecule has 0 atom stereocenters. The lowest BCUT2D eigenvalue weighted by Gasteiger charge is -2.31. The van der Waals surface area contributed by atoms with Gasteiger partial charge in [-0.2, -0.15) is 0 Å². The maximum Gasteiger partial charge on any atom is 0.0540 e. The predicted octanol–water partition coefficient (Wildman–Crippen LogP) is 19.0. The molecule has 0 unspecified atom stereocenters. The molecule has 0 aromatic heterocycles. The summed E-state index contributed by atoms with van der Waals surface area (Å²) in [6.07, 6.45) is 6.45. The molecule has 68 heavy (non-hydrogen) atoms. The minimum absolute atomic E-state index is 0.108. The summed E-state index contributed by atoms with van der Waals surface area (Å²) in [6.45, 7) is 4.75. The number of hydrogen-bond donors (Lipinski definition) is 0. The van der Waals surface area contributed by atoms with Crippen molar-refractivity contribution in [2.24, 2.45) is 0 Å². The topological polar surface area (TPSA) is 3.24 Å². The van der Waals surface area contributed by atoms with Crippen molar-refractivity contribution in [2.45, 2.75) is 57.3 Å². The van der Waals surface area contributed by atoms with Crippen LogP contribution < -0.4 is 4.90 Å². The number of rotatable bonds is 9. The van der Waals surface area contributed by atoms with Gasteiger partial charge in [-0.05, 0) is 132 Å². The molecule has 10 aromatic rings. The van der Waals surface area contributed by atoms with Crippen LogP contribution in [-0.4, -0.2) is 0 Å². The van der Waals surface area contributed by atoms with Crippen LogP contribution in [0.15, 0.2) is 231 Å². The fourth-order valence-electron chi connectivity index (χ4n) is 11.8. The first-order chi connectivity index (χ1) is 33.5. The maximum atomic E-state index is 2.54. The molecule has 0 radical (unpaired) electrons. The lowest BCUT2D eigenvalue weighted by atomic mass is 9.80. The Bertz CT molecular complexity index is 3440. The second-order valence-electron chi connectivity index (χ2n) is 19.4. The van der Waals surface area contributed by atoms with Crippen LogP contribution >= 0.6 is 0 Å². The van der Waals surface area contributed by atoms with Crippen LogP contribution in [0.3, 0.4) is 0 Å². The molecule has 12 rings (SSSR count). The van der Waals surface area contributed by atoms with Gasteiger partial charge < -0.3 is 4.90 Å². The van der Waals surface area contributed by atoms with Gasteiger partial charge in [0.15, 0.2) is 0 Å². The molecular weight excluding hydrogens is 819 g/mol. The molecule has 2 aliphatic rings. The largest absolute Gasteiger partial charge is 0.309 e. The van der Waals surface area contributed by atoms with Crippen molar-refractivity contribution in [3.8, 4) is 66.8 Å². The molecular formula is C67H55N. The number of para-hydroxylation sites is 2. The summed E-state index contributed by atoms with van der Waals surface area (Å²) in [5.74, 6) is 0.571. The average Bonchev–Trinajstić information content (AvgIpc) is 3.65. The van der Waals surface area contributed by atoms with Gasteiger partial charge in [0.2, 0.25) is 0 Å². The molecule has 10 aromatic carbocycles. The van der Waals surface area contributed by atoms with E-state index in [-0.39, 0.29) is 5.41 Å². The van der Waals surface area contributed by atoms with Crippen molar-refractivity contribution in [1.29, 1.82) is 0 Å². The van der Waals surface area contributed by atoms with E-state index in [0.29, 0.717) is 5.92 Å². The van der Waals surface area contributed by atoms with Gasteiger partial charge >= 0.3 is 0 Å². The van der Waals surface area contributed by atoms with Crippen LogP contribution in [0.2, 0.25) is 0 Å². The van der Waals surface area contributed by atoms with Gasteiger partial charge in [-0.3, -0.25) is 0 Å². The fourth-order valence-corrected chi connectivity index (χ4v) is 11.8. The van der Waals surface area contributed by atoms with Crippen LogP contribution in [-0.2, 0) is 5.41 Å². The van der Waals surface area contributed by atoms with Crippen LogP contribution in [0.5, 0.6) is 0 Å². The summed E-state index contributed by atoms with van der Waals surface area (Å²) in [5, 5.41) is 2.71. The van der Waals surface area contributed by atoms with Crippen molar-refractivity contribution in [3.05, 3.63) is 247 Å². The van der Waals surface area contributed by atoms with E-state index in [4.69, 9.17) is 0 Å². The second-order valence-corrected chi connectivity index (χ2v) is 19.4. The Kier molecular flexibility index (Phi) is 10.7. The lowest BCUT2D eigenvalue weighted by molar-refractivity contribution is 0.445.